The lowest BCUT2D eigenvalue weighted by molar-refractivity contribution is -0.125. The van der Waals surface area contributed by atoms with Gasteiger partial charge >= 0.3 is 6.03 Å². The summed E-state index contributed by atoms with van der Waals surface area (Å²) in [5.74, 6) is -0.540. The van der Waals surface area contributed by atoms with Crippen molar-refractivity contribution in [2.75, 3.05) is 19.6 Å². The standard InChI is InChI=1S/C23H24N4O4/c28-20-14-24-23(31)27(20)15-17-8-4-5-9-19(17)22(30)26-12-10-18(11-13-26)25-21(29)16-6-2-1-3-7-16/h1-9,18H,10-15H2,(H,24,31)(H,25,29). The lowest BCUT2D eigenvalue weighted by Crippen LogP contribution is -2.46. The number of hydrogen-bond acceptors (Lipinski definition) is 4. The van der Waals surface area contributed by atoms with Crippen molar-refractivity contribution in [1.82, 2.24) is 20.4 Å². The first-order valence-corrected chi connectivity index (χ1v) is 10.3. The number of carbonyl (C=O) groups excluding carboxylic acids is 4. The molecule has 0 saturated carbocycles. The predicted molar refractivity (Wildman–Crippen MR) is 113 cm³/mol. The summed E-state index contributed by atoms with van der Waals surface area (Å²) in [7, 11) is 0. The number of benzene rings is 2. The molecular formula is C23H24N4O4. The van der Waals surface area contributed by atoms with Gasteiger partial charge in [0.05, 0.1) is 13.1 Å². The van der Waals surface area contributed by atoms with E-state index in [0.717, 1.165) is 4.90 Å². The molecule has 160 valence electrons. The number of likely N-dealkylation sites (tertiary alicyclic amines) is 1. The zero-order chi connectivity index (χ0) is 21.8. The van der Waals surface area contributed by atoms with E-state index in [1.807, 2.05) is 18.2 Å². The van der Waals surface area contributed by atoms with Crippen LogP contribution in [0.15, 0.2) is 54.6 Å². The molecule has 8 nitrogen and oxygen atoms in total. The number of rotatable bonds is 5. The van der Waals surface area contributed by atoms with Crippen LogP contribution in [0.2, 0.25) is 0 Å². The lowest BCUT2D eigenvalue weighted by atomic mass is 10.0. The molecule has 8 heteroatoms. The van der Waals surface area contributed by atoms with Crippen molar-refractivity contribution in [3.05, 3.63) is 71.3 Å². The number of hydrogen-bond donors (Lipinski definition) is 2. The largest absolute Gasteiger partial charge is 0.349 e. The summed E-state index contributed by atoms with van der Waals surface area (Å²) in [5.41, 5.74) is 1.75. The minimum absolute atomic E-state index is 0.0120. The molecule has 0 unspecified atom stereocenters. The first kappa shape index (κ1) is 20.6. The van der Waals surface area contributed by atoms with Crippen LogP contribution < -0.4 is 10.6 Å². The van der Waals surface area contributed by atoms with Crippen LogP contribution >= 0.6 is 0 Å². The maximum atomic E-state index is 13.1. The Hall–Kier alpha value is -3.68. The maximum absolute atomic E-state index is 13.1. The smallest absolute Gasteiger partial charge is 0.324 e. The second kappa shape index (κ2) is 8.99. The molecule has 31 heavy (non-hydrogen) atoms. The van der Waals surface area contributed by atoms with E-state index in [-0.39, 0.29) is 36.9 Å². The third-order valence-electron chi connectivity index (χ3n) is 5.67. The third kappa shape index (κ3) is 4.58. The number of piperidine rings is 1. The zero-order valence-electron chi connectivity index (χ0n) is 17.0. The van der Waals surface area contributed by atoms with E-state index < -0.39 is 6.03 Å². The Kier molecular flexibility index (Phi) is 5.97. The molecule has 0 atom stereocenters. The van der Waals surface area contributed by atoms with Crippen molar-refractivity contribution in [3.63, 3.8) is 0 Å². The monoisotopic (exact) mass is 420 g/mol. The minimum atomic E-state index is -0.442. The molecule has 2 aliphatic heterocycles. The van der Waals surface area contributed by atoms with E-state index in [2.05, 4.69) is 10.6 Å². The van der Waals surface area contributed by atoms with Crippen LogP contribution in [0.25, 0.3) is 0 Å². The lowest BCUT2D eigenvalue weighted by Gasteiger charge is -2.33. The third-order valence-corrected chi connectivity index (χ3v) is 5.67. The van der Waals surface area contributed by atoms with Crippen LogP contribution in [-0.2, 0) is 11.3 Å². The summed E-state index contributed by atoms with van der Waals surface area (Å²) < 4.78 is 0. The van der Waals surface area contributed by atoms with Gasteiger partial charge < -0.3 is 15.5 Å². The van der Waals surface area contributed by atoms with Crippen LogP contribution in [0.3, 0.4) is 0 Å². The van der Waals surface area contributed by atoms with E-state index in [1.54, 1.807) is 41.3 Å². The van der Waals surface area contributed by atoms with Gasteiger partial charge in [-0.3, -0.25) is 19.3 Å². The Bertz CT molecular complexity index is 984. The van der Waals surface area contributed by atoms with Gasteiger partial charge in [0.25, 0.3) is 11.8 Å². The fourth-order valence-electron chi connectivity index (χ4n) is 3.91. The van der Waals surface area contributed by atoms with Crippen LogP contribution in [0, 0.1) is 0 Å². The summed E-state index contributed by atoms with van der Waals surface area (Å²) in [4.78, 5) is 52.2. The number of nitrogens with one attached hydrogen (secondary N) is 2. The van der Waals surface area contributed by atoms with Crippen molar-refractivity contribution in [1.29, 1.82) is 0 Å². The highest BCUT2D eigenvalue weighted by molar-refractivity contribution is 6.02. The van der Waals surface area contributed by atoms with E-state index in [4.69, 9.17) is 0 Å². The van der Waals surface area contributed by atoms with E-state index in [1.165, 1.54) is 0 Å². The van der Waals surface area contributed by atoms with Crippen LogP contribution in [0.4, 0.5) is 4.79 Å². The zero-order valence-corrected chi connectivity index (χ0v) is 17.0. The van der Waals surface area contributed by atoms with E-state index >= 15 is 0 Å². The number of imide groups is 1. The van der Waals surface area contributed by atoms with Crippen molar-refractivity contribution in [2.24, 2.45) is 0 Å². The molecule has 2 aromatic rings. The summed E-state index contributed by atoms with van der Waals surface area (Å²) in [6.07, 6.45) is 1.33. The second-order valence-corrected chi connectivity index (χ2v) is 7.70. The Labute approximate surface area is 180 Å². The second-order valence-electron chi connectivity index (χ2n) is 7.70. The highest BCUT2D eigenvalue weighted by Crippen LogP contribution is 2.19. The molecule has 0 aromatic heterocycles. The Morgan fingerprint density at radius 3 is 2.32 bits per heavy atom. The van der Waals surface area contributed by atoms with E-state index in [9.17, 15) is 19.2 Å². The molecule has 0 spiro atoms. The Morgan fingerprint density at radius 2 is 1.65 bits per heavy atom. The first-order valence-electron chi connectivity index (χ1n) is 10.3. The van der Waals surface area contributed by atoms with Crippen LogP contribution in [0.1, 0.15) is 39.1 Å². The van der Waals surface area contributed by atoms with Crippen molar-refractivity contribution < 1.29 is 19.2 Å². The van der Waals surface area contributed by atoms with Gasteiger partial charge in [-0.15, -0.1) is 0 Å². The summed E-state index contributed by atoms with van der Waals surface area (Å²) in [6, 6.07) is 15.7. The summed E-state index contributed by atoms with van der Waals surface area (Å²) >= 11 is 0. The van der Waals surface area contributed by atoms with Gasteiger partial charge in [0.1, 0.15) is 0 Å². The van der Waals surface area contributed by atoms with Gasteiger partial charge in [0.15, 0.2) is 0 Å². The van der Waals surface area contributed by atoms with Gasteiger partial charge in [-0.2, -0.15) is 0 Å². The van der Waals surface area contributed by atoms with Gasteiger partial charge in [0.2, 0.25) is 5.91 Å². The fraction of sp³-hybridized carbons (Fsp3) is 0.304. The van der Waals surface area contributed by atoms with Crippen molar-refractivity contribution in [3.8, 4) is 0 Å². The maximum Gasteiger partial charge on any atom is 0.324 e. The highest BCUT2D eigenvalue weighted by Gasteiger charge is 2.31. The van der Waals surface area contributed by atoms with E-state index in [0.29, 0.717) is 42.6 Å². The summed E-state index contributed by atoms with van der Waals surface area (Å²) in [5, 5.41) is 5.53. The molecule has 0 radical (unpaired) electrons. The minimum Gasteiger partial charge on any atom is -0.349 e. The molecule has 2 aromatic carbocycles. The number of carbonyl (C=O) groups is 4. The predicted octanol–water partition coefficient (Wildman–Crippen LogP) is 1.77. The average Bonchev–Trinajstić information content (AvgIpc) is 3.12. The molecule has 2 aliphatic rings. The molecule has 2 heterocycles. The van der Waals surface area contributed by atoms with Crippen LogP contribution in [0.5, 0.6) is 0 Å². The van der Waals surface area contributed by atoms with Crippen molar-refractivity contribution in [2.45, 2.75) is 25.4 Å². The topological polar surface area (TPSA) is 98.8 Å². The van der Waals surface area contributed by atoms with Gasteiger partial charge in [-0.25, -0.2) is 4.79 Å². The van der Waals surface area contributed by atoms with Gasteiger partial charge in [-0.1, -0.05) is 36.4 Å². The number of amides is 5. The quantitative estimate of drug-likeness (QED) is 0.721. The molecule has 2 N–H and O–H groups in total. The normalized spacial score (nSPS) is 16.9. The number of nitrogens with zero attached hydrogens (tertiary/aromatic N) is 2. The highest BCUT2D eigenvalue weighted by atomic mass is 16.2. The first-order chi connectivity index (χ1) is 15.0. The summed E-state index contributed by atoms with van der Waals surface area (Å²) in [6.45, 7) is 1.10. The fourth-order valence-corrected chi connectivity index (χ4v) is 3.91. The molecule has 0 aliphatic carbocycles. The molecule has 4 rings (SSSR count). The van der Waals surface area contributed by atoms with Gasteiger partial charge in [-0.05, 0) is 36.6 Å². The Morgan fingerprint density at radius 1 is 0.968 bits per heavy atom. The SMILES string of the molecule is O=C(NC1CCN(C(=O)c2ccccc2CN2C(=O)CNC2=O)CC1)c1ccccc1. The molecule has 0 bridgehead atoms. The molecular weight excluding hydrogens is 396 g/mol. The van der Waals surface area contributed by atoms with Gasteiger partial charge in [0, 0.05) is 30.3 Å². The molecule has 2 fully saturated rings. The van der Waals surface area contributed by atoms with Crippen LogP contribution in [-0.4, -0.2) is 59.2 Å². The molecule has 2 saturated heterocycles. The average molecular weight is 420 g/mol. The molecule has 5 amide bonds. The Balaban J connectivity index is 1.37. The number of urea groups is 1. The van der Waals surface area contributed by atoms with Crippen molar-refractivity contribution >= 4 is 23.8 Å².